The van der Waals surface area contributed by atoms with Crippen LogP contribution >= 0.6 is 0 Å². The minimum Gasteiger partial charge on any atom is -0.616 e. The number of carbonyl (C=O) groups is 1. The average molecular weight is 187 g/mol. The van der Waals surface area contributed by atoms with Gasteiger partial charge in [-0.25, -0.2) is 4.79 Å². The van der Waals surface area contributed by atoms with Crippen molar-refractivity contribution in [3.8, 4) is 0 Å². The van der Waals surface area contributed by atoms with E-state index < -0.39 is 11.9 Å². The van der Waals surface area contributed by atoms with E-state index >= 15 is 0 Å². The fraction of sp³-hybridized carbons (Fsp3) is 0.667. The molecule has 0 atom stereocenters. The molecule has 0 N–H and O–H groups in total. The number of methoxy groups -OCH3 is 2. The molecule has 0 aromatic carbocycles. The average Bonchev–Trinajstić information content (AvgIpc) is 2.17. The zero-order valence-electron chi connectivity index (χ0n) is 8.25. The largest absolute Gasteiger partial charge is 0.616 e. The van der Waals surface area contributed by atoms with E-state index in [1.807, 2.05) is 6.92 Å². The van der Waals surface area contributed by atoms with E-state index in [-0.39, 0.29) is 5.57 Å². The highest BCUT2D eigenvalue weighted by Gasteiger charge is 2.10. The first-order chi connectivity index (χ1) is 6.17. The Kier molecular flexibility index (Phi) is 5.76. The third-order valence-corrected chi connectivity index (χ3v) is 1.64. The standard InChI is InChI=1S/C9H16O4/c1-4-5-6-7(8(10)12-2)9(11)13-3/h10H,4-6H2,1-3H3/p-1/b8-7-. The van der Waals surface area contributed by atoms with Crippen LogP contribution in [0.25, 0.3) is 0 Å². The molecule has 0 aromatic heterocycles. The third-order valence-electron chi connectivity index (χ3n) is 1.64. The van der Waals surface area contributed by atoms with Gasteiger partial charge in [-0.05, 0) is 20.0 Å². The van der Waals surface area contributed by atoms with E-state index in [1.165, 1.54) is 14.2 Å². The highest BCUT2D eigenvalue weighted by molar-refractivity contribution is 5.88. The summed E-state index contributed by atoms with van der Waals surface area (Å²) in [6.07, 6.45) is 2.10. The number of rotatable bonds is 5. The molecule has 0 saturated carbocycles. The van der Waals surface area contributed by atoms with Gasteiger partial charge < -0.3 is 14.6 Å². The van der Waals surface area contributed by atoms with E-state index in [4.69, 9.17) is 0 Å². The van der Waals surface area contributed by atoms with Crippen LogP contribution in [0.3, 0.4) is 0 Å². The van der Waals surface area contributed by atoms with Crippen LogP contribution in [-0.4, -0.2) is 20.2 Å². The van der Waals surface area contributed by atoms with Crippen LogP contribution in [0.4, 0.5) is 0 Å². The fourth-order valence-corrected chi connectivity index (χ4v) is 0.887. The number of ether oxygens (including phenoxy) is 2. The summed E-state index contributed by atoms with van der Waals surface area (Å²) < 4.78 is 8.91. The molecule has 0 amide bonds. The van der Waals surface area contributed by atoms with E-state index in [9.17, 15) is 9.90 Å². The Morgan fingerprint density at radius 1 is 1.31 bits per heavy atom. The molecular formula is C9H15O4-. The van der Waals surface area contributed by atoms with Gasteiger partial charge in [-0.1, -0.05) is 13.3 Å². The molecule has 0 fully saturated rings. The maximum atomic E-state index is 11.1. The molecular weight excluding hydrogens is 172 g/mol. The summed E-state index contributed by atoms with van der Waals surface area (Å²) in [5, 5.41) is 11.1. The molecule has 76 valence electrons. The van der Waals surface area contributed by atoms with Crippen molar-refractivity contribution in [3.05, 3.63) is 11.5 Å². The Morgan fingerprint density at radius 2 is 1.92 bits per heavy atom. The normalized spacial score (nSPS) is 11.9. The summed E-state index contributed by atoms with van der Waals surface area (Å²) in [5.41, 5.74) is 0.0897. The summed E-state index contributed by atoms with van der Waals surface area (Å²) in [7, 11) is 2.49. The molecule has 0 radical (unpaired) electrons. The fourth-order valence-electron chi connectivity index (χ4n) is 0.887. The van der Waals surface area contributed by atoms with Gasteiger partial charge >= 0.3 is 5.97 Å². The Balaban J connectivity index is 4.45. The predicted octanol–water partition coefficient (Wildman–Crippen LogP) is 0.568. The maximum absolute atomic E-state index is 11.1. The zero-order valence-corrected chi connectivity index (χ0v) is 8.25. The lowest BCUT2D eigenvalue weighted by Crippen LogP contribution is -2.16. The first-order valence-corrected chi connectivity index (χ1v) is 4.19. The highest BCUT2D eigenvalue weighted by Crippen LogP contribution is 2.11. The van der Waals surface area contributed by atoms with Gasteiger partial charge in [0.25, 0.3) is 0 Å². The van der Waals surface area contributed by atoms with Gasteiger partial charge in [0.1, 0.15) is 0 Å². The van der Waals surface area contributed by atoms with Crippen molar-refractivity contribution in [1.82, 2.24) is 0 Å². The Hall–Kier alpha value is -1.19. The molecule has 0 heterocycles. The van der Waals surface area contributed by atoms with Crippen molar-refractivity contribution in [3.63, 3.8) is 0 Å². The molecule has 0 bridgehead atoms. The van der Waals surface area contributed by atoms with Crippen molar-refractivity contribution in [2.45, 2.75) is 26.2 Å². The summed E-state index contributed by atoms with van der Waals surface area (Å²) in [6.45, 7) is 1.98. The number of hydrogen-bond acceptors (Lipinski definition) is 4. The summed E-state index contributed by atoms with van der Waals surface area (Å²) >= 11 is 0. The van der Waals surface area contributed by atoms with Crippen LogP contribution < -0.4 is 5.11 Å². The van der Waals surface area contributed by atoms with Gasteiger partial charge in [0.2, 0.25) is 0 Å². The summed E-state index contributed by atoms with van der Waals surface area (Å²) in [5.74, 6) is -1.19. The van der Waals surface area contributed by atoms with E-state index in [1.54, 1.807) is 0 Å². The van der Waals surface area contributed by atoms with Gasteiger partial charge in [-0.2, -0.15) is 0 Å². The Morgan fingerprint density at radius 3 is 2.31 bits per heavy atom. The Bertz CT molecular complexity index is 196. The van der Waals surface area contributed by atoms with Crippen LogP contribution in [0, 0.1) is 0 Å². The predicted molar refractivity (Wildman–Crippen MR) is 45.6 cm³/mol. The molecule has 0 rings (SSSR count). The first-order valence-electron chi connectivity index (χ1n) is 4.19. The van der Waals surface area contributed by atoms with Gasteiger partial charge in [0.05, 0.1) is 18.6 Å². The van der Waals surface area contributed by atoms with Crippen LogP contribution in [0.1, 0.15) is 26.2 Å². The monoisotopic (exact) mass is 187 g/mol. The molecule has 0 aliphatic rings. The van der Waals surface area contributed by atoms with Crippen molar-refractivity contribution < 1.29 is 19.4 Å². The maximum Gasteiger partial charge on any atom is 0.335 e. The van der Waals surface area contributed by atoms with Crippen molar-refractivity contribution >= 4 is 5.97 Å². The number of carbonyl (C=O) groups excluding carboxylic acids is 1. The lowest BCUT2D eigenvalue weighted by molar-refractivity contribution is -0.355. The first kappa shape index (κ1) is 11.8. The molecule has 0 spiro atoms. The number of hydrogen-bond donors (Lipinski definition) is 0. The highest BCUT2D eigenvalue weighted by atomic mass is 16.6. The molecule has 13 heavy (non-hydrogen) atoms. The second-order valence-electron chi connectivity index (χ2n) is 2.57. The van der Waals surface area contributed by atoms with Crippen molar-refractivity contribution in [2.24, 2.45) is 0 Å². The quantitative estimate of drug-likeness (QED) is 0.358. The summed E-state index contributed by atoms with van der Waals surface area (Å²) in [4.78, 5) is 11.1. The molecule has 0 aliphatic heterocycles. The van der Waals surface area contributed by atoms with E-state index in [2.05, 4.69) is 9.47 Å². The molecule has 0 saturated heterocycles. The number of unbranched alkanes of at least 4 members (excludes halogenated alkanes) is 1. The van der Waals surface area contributed by atoms with Gasteiger partial charge in [0.15, 0.2) is 0 Å². The molecule has 0 aromatic rings. The second-order valence-corrected chi connectivity index (χ2v) is 2.57. The molecule has 0 aliphatic carbocycles. The molecule has 4 nitrogen and oxygen atoms in total. The number of esters is 1. The smallest absolute Gasteiger partial charge is 0.335 e. The van der Waals surface area contributed by atoms with Gasteiger partial charge in [-0.15, -0.1) is 0 Å². The topological polar surface area (TPSA) is 58.6 Å². The van der Waals surface area contributed by atoms with Crippen molar-refractivity contribution in [2.75, 3.05) is 14.2 Å². The van der Waals surface area contributed by atoms with Crippen molar-refractivity contribution in [1.29, 1.82) is 0 Å². The van der Waals surface area contributed by atoms with Gasteiger partial charge in [-0.3, -0.25) is 0 Å². The zero-order chi connectivity index (χ0) is 10.3. The molecule has 4 heteroatoms. The SMILES string of the molecule is CCCC/C(C(=O)OC)=C(\[O-])OC. The minimum absolute atomic E-state index is 0.0897. The van der Waals surface area contributed by atoms with Gasteiger partial charge in [0, 0.05) is 0 Å². The molecule has 0 unspecified atom stereocenters. The lowest BCUT2D eigenvalue weighted by atomic mass is 10.1. The van der Waals surface area contributed by atoms with E-state index in [0.717, 1.165) is 12.8 Å². The van der Waals surface area contributed by atoms with Crippen LogP contribution in [0.2, 0.25) is 0 Å². The van der Waals surface area contributed by atoms with Crippen LogP contribution in [0.5, 0.6) is 0 Å². The second kappa shape index (κ2) is 6.34. The van der Waals surface area contributed by atoms with Crippen LogP contribution in [-0.2, 0) is 14.3 Å². The van der Waals surface area contributed by atoms with Crippen LogP contribution in [0.15, 0.2) is 11.5 Å². The lowest BCUT2D eigenvalue weighted by Gasteiger charge is -2.14. The minimum atomic E-state index is -0.597. The third kappa shape index (κ3) is 3.83. The summed E-state index contributed by atoms with van der Waals surface area (Å²) in [6, 6.07) is 0. The Labute approximate surface area is 78.2 Å². The van der Waals surface area contributed by atoms with E-state index in [0.29, 0.717) is 6.42 Å².